The van der Waals surface area contributed by atoms with Crippen molar-refractivity contribution in [2.45, 2.75) is 33.0 Å². The molecule has 160 valence electrons. The van der Waals surface area contributed by atoms with Crippen LogP contribution < -0.4 is 5.32 Å². The molecule has 0 saturated heterocycles. The molecule has 3 heterocycles. The molecule has 0 bridgehead atoms. The summed E-state index contributed by atoms with van der Waals surface area (Å²) in [5.41, 5.74) is 1.99. The van der Waals surface area contributed by atoms with Gasteiger partial charge >= 0.3 is 6.18 Å². The third kappa shape index (κ3) is 4.90. The fraction of sp³-hybridized carbons (Fsp3) is 0.238. The zero-order chi connectivity index (χ0) is 22.0. The molecule has 0 aliphatic carbocycles. The van der Waals surface area contributed by atoms with Crippen molar-refractivity contribution < 1.29 is 17.6 Å². The van der Waals surface area contributed by atoms with Crippen LogP contribution in [0, 0.1) is 13.8 Å². The van der Waals surface area contributed by atoms with Gasteiger partial charge < -0.3 is 9.73 Å². The quantitative estimate of drug-likeness (QED) is 0.487. The van der Waals surface area contributed by atoms with Crippen LogP contribution in [-0.4, -0.2) is 24.7 Å². The number of aryl methyl sites for hydroxylation is 2. The third-order valence-corrected chi connectivity index (χ3v) is 4.51. The van der Waals surface area contributed by atoms with E-state index in [1.807, 2.05) is 19.9 Å². The Balaban J connectivity index is 1.68. The van der Waals surface area contributed by atoms with Gasteiger partial charge in [0.15, 0.2) is 0 Å². The Morgan fingerprint density at radius 3 is 2.61 bits per heavy atom. The second-order valence-corrected chi connectivity index (χ2v) is 7.04. The Hall–Kier alpha value is -3.69. The Bertz CT molecular complexity index is 1180. The van der Waals surface area contributed by atoms with Crippen LogP contribution in [0.4, 0.5) is 19.0 Å². The summed E-state index contributed by atoms with van der Waals surface area (Å²) in [5.74, 6) is 1.29. The van der Waals surface area contributed by atoms with Gasteiger partial charge in [-0.05, 0) is 31.5 Å². The van der Waals surface area contributed by atoms with Crippen molar-refractivity contribution in [3.8, 4) is 5.95 Å². The van der Waals surface area contributed by atoms with Crippen molar-refractivity contribution in [3.05, 3.63) is 83.0 Å². The van der Waals surface area contributed by atoms with Gasteiger partial charge in [-0.15, -0.1) is 0 Å². The number of aromatic nitrogens is 5. The maximum absolute atomic E-state index is 13.1. The van der Waals surface area contributed by atoms with Gasteiger partial charge in [-0.1, -0.05) is 18.2 Å². The topological polar surface area (TPSA) is 81.7 Å². The Labute approximate surface area is 176 Å². The monoisotopic (exact) mass is 428 g/mol. The number of hydrogen-bond acceptors (Lipinski definition) is 6. The molecule has 1 N–H and O–H groups in total. The number of halogens is 3. The number of nitrogens with zero attached hydrogens (tertiary/aromatic N) is 5. The maximum Gasteiger partial charge on any atom is 0.416 e. The fourth-order valence-electron chi connectivity index (χ4n) is 3.16. The molecule has 7 nitrogen and oxygen atoms in total. The molecule has 0 aliphatic heterocycles. The van der Waals surface area contributed by atoms with Crippen LogP contribution in [-0.2, 0) is 19.1 Å². The molecule has 0 spiro atoms. The molecule has 0 amide bonds. The first-order valence-corrected chi connectivity index (χ1v) is 9.48. The summed E-state index contributed by atoms with van der Waals surface area (Å²) in [6, 6.07) is 8.80. The average molecular weight is 428 g/mol. The van der Waals surface area contributed by atoms with E-state index in [4.69, 9.17) is 4.42 Å². The molecular formula is C21H19F3N6O. The molecule has 10 heteroatoms. The molecule has 3 aromatic heterocycles. The van der Waals surface area contributed by atoms with E-state index in [9.17, 15) is 13.2 Å². The van der Waals surface area contributed by atoms with Gasteiger partial charge in [0.1, 0.15) is 12.1 Å². The molecule has 0 radical (unpaired) electrons. The Morgan fingerprint density at radius 1 is 1.10 bits per heavy atom. The van der Waals surface area contributed by atoms with E-state index in [1.54, 1.807) is 16.8 Å². The predicted octanol–water partition coefficient (Wildman–Crippen LogP) is 4.49. The summed E-state index contributed by atoms with van der Waals surface area (Å²) in [5, 5.41) is 7.53. The Morgan fingerprint density at radius 2 is 1.94 bits per heavy atom. The molecule has 0 atom stereocenters. The van der Waals surface area contributed by atoms with Gasteiger partial charge in [0.05, 0.1) is 29.7 Å². The minimum Gasteiger partial charge on any atom is -0.447 e. The van der Waals surface area contributed by atoms with Crippen LogP contribution in [0.1, 0.15) is 34.1 Å². The lowest BCUT2D eigenvalue weighted by molar-refractivity contribution is -0.137. The average Bonchev–Trinajstić information content (AvgIpc) is 3.35. The molecule has 0 unspecified atom stereocenters. The summed E-state index contributed by atoms with van der Waals surface area (Å²) in [4.78, 5) is 13.1. The van der Waals surface area contributed by atoms with Crippen LogP contribution in [0.5, 0.6) is 0 Å². The van der Waals surface area contributed by atoms with Crippen molar-refractivity contribution in [2.24, 2.45) is 0 Å². The summed E-state index contributed by atoms with van der Waals surface area (Å²) < 4.78 is 46.0. The minimum absolute atomic E-state index is 0.201. The van der Waals surface area contributed by atoms with E-state index in [0.717, 1.165) is 23.5 Å². The lowest BCUT2D eigenvalue weighted by Crippen LogP contribution is -2.11. The SMILES string of the molecule is Cc1cc(C)n(-c2nc(Cc3cccc(C(F)(F)F)c3)cc(NCc3ncco3)n2)n1. The van der Waals surface area contributed by atoms with Crippen molar-refractivity contribution in [1.29, 1.82) is 0 Å². The zero-order valence-electron chi connectivity index (χ0n) is 16.8. The molecule has 0 fully saturated rings. The number of alkyl halides is 3. The molecule has 4 rings (SSSR count). The molecule has 31 heavy (non-hydrogen) atoms. The van der Waals surface area contributed by atoms with E-state index in [-0.39, 0.29) is 6.42 Å². The molecular weight excluding hydrogens is 409 g/mol. The number of benzene rings is 1. The first-order chi connectivity index (χ1) is 14.8. The van der Waals surface area contributed by atoms with Crippen molar-refractivity contribution >= 4 is 5.82 Å². The van der Waals surface area contributed by atoms with Crippen molar-refractivity contribution in [3.63, 3.8) is 0 Å². The first-order valence-electron chi connectivity index (χ1n) is 9.48. The lowest BCUT2D eigenvalue weighted by atomic mass is 10.1. The largest absolute Gasteiger partial charge is 0.447 e. The number of rotatable bonds is 6. The standard InChI is InChI=1S/C21H19F3N6O/c1-13-8-14(2)30(29-13)20-27-17(10-15-4-3-5-16(9-15)21(22,23)24)11-18(28-20)26-12-19-25-6-7-31-19/h3-9,11H,10,12H2,1-2H3,(H,26,27,28). The predicted molar refractivity (Wildman–Crippen MR) is 107 cm³/mol. The van der Waals surface area contributed by atoms with E-state index in [2.05, 4.69) is 25.4 Å². The summed E-state index contributed by atoms with van der Waals surface area (Å²) in [6.45, 7) is 4.03. The van der Waals surface area contributed by atoms with Gasteiger partial charge in [0, 0.05) is 18.2 Å². The lowest BCUT2D eigenvalue weighted by Gasteiger charge is -2.11. The highest BCUT2D eigenvalue weighted by Crippen LogP contribution is 2.30. The van der Waals surface area contributed by atoms with Crippen LogP contribution in [0.2, 0.25) is 0 Å². The summed E-state index contributed by atoms with van der Waals surface area (Å²) in [6.07, 6.45) is -1.19. The summed E-state index contributed by atoms with van der Waals surface area (Å²) >= 11 is 0. The van der Waals surface area contributed by atoms with Crippen molar-refractivity contribution in [2.75, 3.05) is 5.32 Å². The molecule has 0 aliphatic rings. The zero-order valence-corrected chi connectivity index (χ0v) is 16.8. The molecule has 0 saturated carbocycles. The van der Waals surface area contributed by atoms with E-state index < -0.39 is 11.7 Å². The van der Waals surface area contributed by atoms with Gasteiger partial charge in [-0.25, -0.2) is 14.6 Å². The van der Waals surface area contributed by atoms with Crippen LogP contribution in [0.15, 0.2) is 53.3 Å². The van der Waals surface area contributed by atoms with Gasteiger partial charge in [-0.3, -0.25) is 0 Å². The second-order valence-electron chi connectivity index (χ2n) is 7.04. The number of anilines is 1. The minimum atomic E-state index is -4.40. The first kappa shape index (κ1) is 20.6. The Kier molecular flexibility index (Phi) is 5.45. The second kappa shape index (κ2) is 8.21. The number of oxazole rings is 1. The van der Waals surface area contributed by atoms with Gasteiger partial charge in [-0.2, -0.15) is 23.3 Å². The van der Waals surface area contributed by atoms with Crippen LogP contribution >= 0.6 is 0 Å². The van der Waals surface area contributed by atoms with Gasteiger partial charge in [0.2, 0.25) is 5.89 Å². The van der Waals surface area contributed by atoms with E-state index in [1.165, 1.54) is 18.5 Å². The smallest absolute Gasteiger partial charge is 0.416 e. The highest BCUT2D eigenvalue weighted by atomic mass is 19.4. The summed E-state index contributed by atoms with van der Waals surface area (Å²) in [7, 11) is 0. The number of nitrogens with one attached hydrogen (secondary N) is 1. The maximum atomic E-state index is 13.1. The highest BCUT2D eigenvalue weighted by Gasteiger charge is 2.30. The van der Waals surface area contributed by atoms with E-state index in [0.29, 0.717) is 35.5 Å². The van der Waals surface area contributed by atoms with Crippen LogP contribution in [0.3, 0.4) is 0 Å². The van der Waals surface area contributed by atoms with Crippen molar-refractivity contribution in [1.82, 2.24) is 24.7 Å². The van der Waals surface area contributed by atoms with Crippen LogP contribution in [0.25, 0.3) is 5.95 Å². The molecule has 4 aromatic rings. The number of hydrogen-bond donors (Lipinski definition) is 1. The fourth-order valence-corrected chi connectivity index (χ4v) is 3.16. The van der Waals surface area contributed by atoms with Gasteiger partial charge in [0.25, 0.3) is 5.95 Å². The van der Waals surface area contributed by atoms with E-state index >= 15 is 0 Å². The molecule has 1 aromatic carbocycles. The normalized spacial score (nSPS) is 11.6. The highest BCUT2D eigenvalue weighted by molar-refractivity contribution is 5.41. The third-order valence-electron chi connectivity index (χ3n) is 4.51.